The Kier molecular flexibility index (Phi) is 5.82. The van der Waals surface area contributed by atoms with Gasteiger partial charge in [0.1, 0.15) is 5.82 Å². The number of Topliss-reactive ketones (excluding diaryl/α,β-unsaturated/α-hetero) is 1. The number of benzene rings is 1. The molecule has 0 bridgehead atoms. The van der Waals surface area contributed by atoms with Crippen LogP contribution in [0.25, 0.3) is 11.0 Å². The number of nitrogens with zero attached hydrogens (tertiary/aromatic N) is 3. The molecular formula is C24H26FN3O3S. The zero-order valence-electron chi connectivity index (χ0n) is 18.1. The van der Waals surface area contributed by atoms with Crippen molar-refractivity contribution < 1.29 is 18.5 Å². The normalized spacial score (nSPS) is 17.6. The van der Waals surface area contributed by atoms with Crippen molar-refractivity contribution in [1.29, 1.82) is 0 Å². The molecule has 1 amide bonds. The Bertz CT molecular complexity index is 1160. The number of carbonyl (C=O) groups excluding carboxylic acids is 2. The molecule has 0 saturated carbocycles. The van der Waals surface area contributed by atoms with Crippen LogP contribution in [0.3, 0.4) is 0 Å². The Hall–Kier alpha value is -2.58. The topological polar surface area (TPSA) is 66.7 Å². The maximum Gasteiger partial charge on any atom is 0.219 e. The lowest BCUT2D eigenvalue weighted by molar-refractivity contribution is -0.129. The van der Waals surface area contributed by atoms with E-state index in [1.807, 2.05) is 11.0 Å². The van der Waals surface area contributed by atoms with Gasteiger partial charge >= 0.3 is 0 Å². The number of fused-ring (bicyclic) bond motifs is 2. The van der Waals surface area contributed by atoms with Crippen LogP contribution in [0.4, 0.5) is 4.39 Å². The molecule has 0 radical (unpaired) electrons. The predicted octanol–water partition coefficient (Wildman–Crippen LogP) is 4.39. The minimum absolute atomic E-state index is 0.0890. The lowest BCUT2D eigenvalue weighted by Crippen LogP contribution is -2.34. The second-order valence-electron chi connectivity index (χ2n) is 8.75. The molecule has 0 unspecified atom stereocenters. The highest BCUT2D eigenvalue weighted by molar-refractivity contribution is 7.14. The summed E-state index contributed by atoms with van der Waals surface area (Å²) in [6.07, 6.45) is 3.23. The van der Waals surface area contributed by atoms with E-state index in [0.29, 0.717) is 24.5 Å². The monoisotopic (exact) mass is 455 g/mol. The van der Waals surface area contributed by atoms with Gasteiger partial charge in [-0.05, 0) is 56.1 Å². The first-order valence-electron chi connectivity index (χ1n) is 11.2. The largest absolute Gasteiger partial charge is 0.356 e. The molecule has 4 heterocycles. The van der Waals surface area contributed by atoms with Crippen molar-refractivity contribution in [3.63, 3.8) is 0 Å². The zero-order valence-corrected chi connectivity index (χ0v) is 18.9. The maximum atomic E-state index is 13.4. The van der Waals surface area contributed by atoms with Crippen LogP contribution in [0, 0.1) is 5.82 Å². The van der Waals surface area contributed by atoms with Crippen molar-refractivity contribution in [3.8, 4) is 0 Å². The van der Waals surface area contributed by atoms with Gasteiger partial charge in [0.15, 0.2) is 11.4 Å². The van der Waals surface area contributed by atoms with Gasteiger partial charge < -0.3 is 14.3 Å². The van der Waals surface area contributed by atoms with Crippen molar-refractivity contribution in [1.82, 2.24) is 15.0 Å². The summed E-state index contributed by atoms with van der Waals surface area (Å²) in [4.78, 5) is 30.6. The van der Waals surface area contributed by atoms with Crippen molar-refractivity contribution in [2.75, 3.05) is 26.2 Å². The molecule has 0 aliphatic carbocycles. The Balaban J connectivity index is 1.14. The average molecular weight is 456 g/mol. The third-order valence-electron chi connectivity index (χ3n) is 6.69. The lowest BCUT2D eigenvalue weighted by Gasteiger charge is -2.30. The number of piperidine rings is 1. The van der Waals surface area contributed by atoms with Gasteiger partial charge in [-0.3, -0.25) is 9.59 Å². The summed E-state index contributed by atoms with van der Waals surface area (Å²) in [6, 6.07) is 6.61. The van der Waals surface area contributed by atoms with E-state index in [9.17, 15) is 14.0 Å². The van der Waals surface area contributed by atoms with Crippen LogP contribution in [0.5, 0.6) is 0 Å². The van der Waals surface area contributed by atoms with E-state index >= 15 is 0 Å². The first-order chi connectivity index (χ1) is 15.5. The smallest absolute Gasteiger partial charge is 0.219 e. The summed E-state index contributed by atoms with van der Waals surface area (Å²) in [7, 11) is 0. The van der Waals surface area contributed by atoms with Crippen molar-refractivity contribution >= 4 is 34.0 Å². The Morgan fingerprint density at radius 3 is 2.81 bits per heavy atom. The minimum Gasteiger partial charge on any atom is -0.356 e. The van der Waals surface area contributed by atoms with Crippen LogP contribution < -0.4 is 0 Å². The second kappa shape index (κ2) is 8.75. The van der Waals surface area contributed by atoms with Gasteiger partial charge in [0.25, 0.3) is 0 Å². The van der Waals surface area contributed by atoms with E-state index in [4.69, 9.17) is 4.52 Å². The molecule has 32 heavy (non-hydrogen) atoms. The molecule has 1 aromatic carbocycles. The van der Waals surface area contributed by atoms with Gasteiger partial charge in [0, 0.05) is 48.7 Å². The number of hydrogen-bond acceptors (Lipinski definition) is 6. The first-order valence-corrected chi connectivity index (χ1v) is 12.0. The third kappa shape index (κ3) is 4.21. The van der Waals surface area contributed by atoms with Crippen LogP contribution in [0.15, 0.2) is 28.8 Å². The third-order valence-corrected chi connectivity index (χ3v) is 7.90. The molecule has 5 rings (SSSR count). The molecule has 3 aromatic rings. The molecular weight excluding hydrogens is 429 g/mol. The zero-order chi connectivity index (χ0) is 22.2. The van der Waals surface area contributed by atoms with E-state index < -0.39 is 0 Å². The van der Waals surface area contributed by atoms with Gasteiger partial charge in [0.2, 0.25) is 5.91 Å². The highest BCUT2D eigenvalue weighted by Gasteiger charge is 2.26. The summed E-state index contributed by atoms with van der Waals surface area (Å²) in [6.45, 7) is 5.51. The number of thiophene rings is 1. The number of rotatable bonds is 5. The average Bonchev–Trinajstić information content (AvgIpc) is 3.41. The maximum absolute atomic E-state index is 13.4. The van der Waals surface area contributed by atoms with E-state index in [2.05, 4.69) is 10.1 Å². The van der Waals surface area contributed by atoms with Crippen LogP contribution in [0.1, 0.15) is 57.9 Å². The van der Waals surface area contributed by atoms with Gasteiger partial charge in [-0.15, -0.1) is 11.3 Å². The van der Waals surface area contributed by atoms with Gasteiger partial charge in [-0.1, -0.05) is 5.16 Å². The summed E-state index contributed by atoms with van der Waals surface area (Å²) in [5.74, 6) is 0.251. The number of hydrogen-bond donors (Lipinski definition) is 0. The van der Waals surface area contributed by atoms with E-state index in [1.54, 1.807) is 24.3 Å². The molecule has 0 N–H and O–H groups in total. The van der Waals surface area contributed by atoms with E-state index in [0.717, 1.165) is 66.3 Å². The standard InChI is InChI=1S/C24H26FN3O3S/c1-15(29)28-11-6-17-12-22(32-23(17)14-28)20(30)7-10-27-8-4-16(5-9-27)24-19-3-2-18(25)13-21(19)31-26-24/h2-3,12-13,16H,4-11,14H2,1H3. The molecule has 1 fully saturated rings. The first kappa shape index (κ1) is 21.3. The molecule has 1 saturated heterocycles. The fourth-order valence-electron chi connectivity index (χ4n) is 4.76. The van der Waals surface area contributed by atoms with Crippen LogP contribution in [0.2, 0.25) is 0 Å². The highest BCUT2D eigenvalue weighted by Crippen LogP contribution is 2.33. The van der Waals surface area contributed by atoms with Gasteiger partial charge in [-0.25, -0.2) is 4.39 Å². The van der Waals surface area contributed by atoms with Crippen LogP contribution in [-0.4, -0.2) is 52.8 Å². The summed E-state index contributed by atoms with van der Waals surface area (Å²) in [5, 5.41) is 5.10. The SMILES string of the molecule is CC(=O)N1CCc2cc(C(=O)CCN3CCC(c4noc5cc(F)ccc45)CC3)sc2C1. The Morgan fingerprint density at radius 2 is 2.03 bits per heavy atom. The molecule has 0 atom stereocenters. The highest BCUT2D eigenvalue weighted by atomic mass is 32.1. The fraction of sp³-hybridized carbons (Fsp3) is 0.458. The number of halogens is 1. The van der Waals surface area contributed by atoms with Crippen molar-refractivity contribution in [3.05, 3.63) is 51.1 Å². The van der Waals surface area contributed by atoms with E-state index in [-0.39, 0.29) is 17.5 Å². The molecule has 168 valence electrons. The molecule has 2 aliphatic heterocycles. The fourth-order valence-corrected chi connectivity index (χ4v) is 5.96. The second-order valence-corrected chi connectivity index (χ2v) is 9.88. The van der Waals surface area contributed by atoms with Crippen molar-refractivity contribution in [2.45, 2.75) is 45.1 Å². The number of likely N-dealkylation sites (tertiary alicyclic amines) is 1. The summed E-state index contributed by atoms with van der Waals surface area (Å²) < 4.78 is 18.7. The number of aromatic nitrogens is 1. The Morgan fingerprint density at radius 1 is 1.22 bits per heavy atom. The lowest BCUT2D eigenvalue weighted by atomic mass is 9.91. The van der Waals surface area contributed by atoms with Gasteiger partial charge in [0.05, 0.1) is 17.1 Å². The summed E-state index contributed by atoms with van der Waals surface area (Å²) >= 11 is 1.54. The number of carbonyl (C=O) groups is 2. The molecule has 2 aliphatic rings. The van der Waals surface area contributed by atoms with Gasteiger partial charge in [-0.2, -0.15) is 0 Å². The molecule has 0 spiro atoms. The summed E-state index contributed by atoms with van der Waals surface area (Å²) in [5.41, 5.74) is 2.63. The quantitative estimate of drug-likeness (QED) is 0.534. The number of ketones is 1. The number of amides is 1. The molecule has 2 aromatic heterocycles. The molecule has 8 heteroatoms. The minimum atomic E-state index is -0.317. The van der Waals surface area contributed by atoms with Crippen LogP contribution in [-0.2, 0) is 17.8 Å². The molecule has 6 nitrogen and oxygen atoms in total. The predicted molar refractivity (Wildman–Crippen MR) is 120 cm³/mol. The van der Waals surface area contributed by atoms with E-state index in [1.165, 1.54) is 17.7 Å². The van der Waals surface area contributed by atoms with Crippen molar-refractivity contribution in [2.24, 2.45) is 0 Å². The van der Waals surface area contributed by atoms with Crippen LogP contribution >= 0.6 is 11.3 Å². The Labute approximate surface area is 190 Å².